The molecule has 3 aromatic rings. The summed E-state index contributed by atoms with van der Waals surface area (Å²) in [5, 5.41) is 9.07. The first-order chi connectivity index (χ1) is 11.5. The Morgan fingerprint density at radius 1 is 1.08 bits per heavy atom. The maximum atomic E-state index is 13.6. The number of carboxylic acid groups (broad SMARTS) is 1. The van der Waals surface area contributed by atoms with E-state index in [0.29, 0.717) is 11.4 Å². The minimum atomic E-state index is -1.02. The van der Waals surface area contributed by atoms with Gasteiger partial charge in [0.1, 0.15) is 5.82 Å². The number of hydrogen-bond donors (Lipinski definition) is 1. The lowest BCUT2D eigenvalue weighted by Crippen LogP contribution is -2.01. The van der Waals surface area contributed by atoms with Crippen LogP contribution in [0.3, 0.4) is 0 Å². The fraction of sp³-hybridized carbons (Fsp3) is 0. The summed E-state index contributed by atoms with van der Waals surface area (Å²) in [5.41, 5.74) is 1.44. The largest absolute Gasteiger partial charge is 0.478 e. The predicted molar refractivity (Wildman–Crippen MR) is 86.3 cm³/mol. The molecular weight excluding hydrogens is 314 g/mol. The highest BCUT2D eigenvalue weighted by molar-refractivity contribution is 5.88. The van der Waals surface area contributed by atoms with Crippen LogP contribution < -0.4 is 0 Å². The fourth-order valence-corrected chi connectivity index (χ4v) is 2.24. The molecule has 0 unspecified atom stereocenters. The minimum Gasteiger partial charge on any atom is -0.478 e. The van der Waals surface area contributed by atoms with E-state index in [2.05, 4.69) is 4.99 Å². The highest BCUT2D eigenvalue weighted by Crippen LogP contribution is 2.19. The van der Waals surface area contributed by atoms with Crippen molar-refractivity contribution in [2.45, 2.75) is 0 Å². The van der Waals surface area contributed by atoms with Crippen LogP contribution in [0.5, 0.6) is 0 Å². The summed E-state index contributed by atoms with van der Waals surface area (Å²) in [7, 11) is 0. The van der Waals surface area contributed by atoms with Crippen LogP contribution in [0.25, 0.3) is 5.69 Å². The summed E-state index contributed by atoms with van der Waals surface area (Å²) in [4.78, 5) is 15.1. The Labute approximate surface area is 136 Å². The molecule has 1 N–H and O–H groups in total. The van der Waals surface area contributed by atoms with E-state index in [9.17, 15) is 13.6 Å². The van der Waals surface area contributed by atoms with Gasteiger partial charge in [-0.05, 0) is 42.5 Å². The number of carbonyl (C=O) groups is 1. The molecule has 0 spiro atoms. The third-order valence-corrected chi connectivity index (χ3v) is 3.40. The number of aromatic carboxylic acids is 1. The Bertz CT molecular complexity index is 932. The topological polar surface area (TPSA) is 54.6 Å². The minimum absolute atomic E-state index is 0.0171. The zero-order chi connectivity index (χ0) is 17.1. The van der Waals surface area contributed by atoms with Gasteiger partial charge < -0.3 is 9.67 Å². The number of aliphatic imine (C=N–C) groups is 1. The Hall–Kier alpha value is -3.28. The molecule has 0 aliphatic rings. The van der Waals surface area contributed by atoms with Gasteiger partial charge in [-0.3, -0.25) is 4.99 Å². The van der Waals surface area contributed by atoms with Crippen molar-refractivity contribution in [1.82, 2.24) is 4.57 Å². The molecular formula is C18H12F2N2O2. The maximum Gasteiger partial charge on any atom is 0.335 e. The smallest absolute Gasteiger partial charge is 0.335 e. The summed E-state index contributed by atoms with van der Waals surface area (Å²) >= 11 is 0. The van der Waals surface area contributed by atoms with Crippen LogP contribution in [-0.2, 0) is 0 Å². The molecule has 1 heterocycles. The Morgan fingerprint density at radius 3 is 2.67 bits per heavy atom. The maximum absolute atomic E-state index is 13.6. The lowest BCUT2D eigenvalue weighted by atomic mass is 10.2. The van der Waals surface area contributed by atoms with E-state index in [1.54, 1.807) is 35.0 Å². The lowest BCUT2D eigenvalue weighted by Gasteiger charge is -2.07. The molecule has 6 heteroatoms. The average Bonchev–Trinajstić information content (AvgIpc) is 3.02. The molecule has 0 fully saturated rings. The molecule has 0 radical (unpaired) electrons. The van der Waals surface area contributed by atoms with E-state index in [1.807, 2.05) is 0 Å². The standard InChI is InChI=1S/C18H12F2N2O2/c19-13-6-7-17(16(20)10-13)21-11-15-5-2-8-22(15)14-4-1-3-12(9-14)18(23)24/h1-11H,(H,23,24). The molecule has 0 saturated carbocycles. The molecule has 24 heavy (non-hydrogen) atoms. The first-order valence-electron chi connectivity index (χ1n) is 7.05. The van der Waals surface area contributed by atoms with Gasteiger partial charge in [0.05, 0.1) is 23.2 Å². The number of carboxylic acids is 1. The number of halogens is 2. The molecule has 0 saturated heterocycles. The van der Waals surface area contributed by atoms with Crippen molar-refractivity contribution in [3.63, 3.8) is 0 Å². The third-order valence-electron chi connectivity index (χ3n) is 3.40. The van der Waals surface area contributed by atoms with E-state index in [0.717, 1.165) is 12.1 Å². The van der Waals surface area contributed by atoms with Crippen molar-refractivity contribution in [3.8, 4) is 5.69 Å². The summed E-state index contributed by atoms with van der Waals surface area (Å²) in [6.45, 7) is 0. The van der Waals surface area contributed by atoms with Crippen molar-refractivity contribution in [2.24, 2.45) is 4.99 Å². The third kappa shape index (κ3) is 3.22. The van der Waals surface area contributed by atoms with E-state index in [-0.39, 0.29) is 11.3 Å². The summed E-state index contributed by atoms with van der Waals surface area (Å²) < 4.78 is 28.2. The molecule has 0 amide bonds. The van der Waals surface area contributed by atoms with E-state index < -0.39 is 17.6 Å². The molecule has 120 valence electrons. The lowest BCUT2D eigenvalue weighted by molar-refractivity contribution is 0.0697. The van der Waals surface area contributed by atoms with Gasteiger partial charge in [0.15, 0.2) is 5.82 Å². The summed E-state index contributed by atoms with van der Waals surface area (Å²) in [5.74, 6) is -2.44. The van der Waals surface area contributed by atoms with E-state index >= 15 is 0 Å². The van der Waals surface area contributed by atoms with Gasteiger partial charge in [0.25, 0.3) is 0 Å². The summed E-state index contributed by atoms with van der Waals surface area (Å²) in [6, 6.07) is 13.1. The number of nitrogens with zero attached hydrogens (tertiary/aromatic N) is 2. The zero-order valence-corrected chi connectivity index (χ0v) is 12.4. The summed E-state index contributed by atoms with van der Waals surface area (Å²) in [6.07, 6.45) is 3.17. The zero-order valence-electron chi connectivity index (χ0n) is 12.4. The molecule has 0 aliphatic carbocycles. The van der Waals surface area contributed by atoms with Gasteiger partial charge in [0, 0.05) is 18.0 Å². The Kier molecular flexibility index (Phi) is 4.20. The van der Waals surface area contributed by atoms with Gasteiger partial charge in [-0.2, -0.15) is 0 Å². The van der Waals surface area contributed by atoms with Gasteiger partial charge in [0.2, 0.25) is 0 Å². The van der Waals surface area contributed by atoms with Crippen LogP contribution >= 0.6 is 0 Å². The number of hydrogen-bond acceptors (Lipinski definition) is 2. The molecule has 4 nitrogen and oxygen atoms in total. The normalized spacial score (nSPS) is 11.1. The number of rotatable bonds is 4. The second-order valence-electron chi connectivity index (χ2n) is 5.01. The van der Waals surface area contributed by atoms with Crippen LogP contribution in [-0.4, -0.2) is 21.9 Å². The first kappa shape index (κ1) is 15.6. The van der Waals surface area contributed by atoms with Crippen molar-refractivity contribution in [1.29, 1.82) is 0 Å². The fourth-order valence-electron chi connectivity index (χ4n) is 2.24. The number of aromatic nitrogens is 1. The quantitative estimate of drug-likeness (QED) is 0.730. The highest BCUT2D eigenvalue weighted by Gasteiger charge is 2.07. The molecule has 3 rings (SSSR count). The number of benzene rings is 2. The molecule has 0 atom stereocenters. The Balaban J connectivity index is 1.95. The van der Waals surface area contributed by atoms with Crippen LogP contribution in [0.4, 0.5) is 14.5 Å². The monoisotopic (exact) mass is 326 g/mol. The SMILES string of the molecule is O=C(O)c1cccc(-n2cccc2C=Nc2ccc(F)cc2F)c1. The van der Waals surface area contributed by atoms with Crippen LogP contribution in [0.1, 0.15) is 16.1 Å². The van der Waals surface area contributed by atoms with Crippen molar-refractivity contribution < 1.29 is 18.7 Å². The van der Waals surface area contributed by atoms with Crippen LogP contribution in [0.2, 0.25) is 0 Å². The Morgan fingerprint density at radius 2 is 1.92 bits per heavy atom. The van der Waals surface area contributed by atoms with E-state index in [1.165, 1.54) is 24.4 Å². The van der Waals surface area contributed by atoms with Gasteiger partial charge >= 0.3 is 5.97 Å². The van der Waals surface area contributed by atoms with E-state index in [4.69, 9.17) is 5.11 Å². The van der Waals surface area contributed by atoms with Crippen LogP contribution in [0, 0.1) is 11.6 Å². The molecule has 2 aromatic carbocycles. The molecule has 0 aliphatic heterocycles. The van der Waals surface area contributed by atoms with Crippen molar-refractivity contribution in [2.75, 3.05) is 0 Å². The highest BCUT2D eigenvalue weighted by atomic mass is 19.1. The second kappa shape index (κ2) is 6.45. The predicted octanol–water partition coefficient (Wildman–Crippen LogP) is 4.20. The average molecular weight is 326 g/mol. The van der Waals surface area contributed by atoms with Crippen LogP contribution in [0.15, 0.2) is 65.8 Å². The van der Waals surface area contributed by atoms with Gasteiger partial charge in [-0.1, -0.05) is 6.07 Å². The van der Waals surface area contributed by atoms with Crippen molar-refractivity contribution in [3.05, 3.63) is 83.7 Å². The van der Waals surface area contributed by atoms with Crippen molar-refractivity contribution >= 4 is 17.9 Å². The second-order valence-corrected chi connectivity index (χ2v) is 5.01. The molecule has 1 aromatic heterocycles. The molecule has 0 bridgehead atoms. The first-order valence-corrected chi connectivity index (χ1v) is 7.05. The van der Waals surface area contributed by atoms with Gasteiger partial charge in [-0.25, -0.2) is 13.6 Å². The van der Waals surface area contributed by atoms with Gasteiger partial charge in [-0.15, -0.1) is 0 Å².